The molecule has 12 heterocycles. The molecule has 0 spiro atoms. The second-order valence-corrected chi connectivity index (χ2v) is 22.3. The first-order valence-electron chi connectivity index (χ1n) is 30.6. The minimum absolute atomic E-state index is 0.0881. The Bertz CT molecular complexity index is 4560. The van der Waals surface area contributed by atoms with Crippen LogP contribution in [-0.4, -0.2) is 82.9 Å². The summed E-state index contributed by atoms with van der Waals surface area (Å²) < 4.78 is 88.3. The van der Waals surface area contributed by atoms with Gasteiger partial charge in [0.2, 0.25) is 0 Å². The fourth-order valence-corrected chi connectivity index (χ4v) is 9.26. The van der Waals surface area contributed by atoms with Crippen LogP contribution in [0.2, 0.25) is 0 Å². The minimum Gasteiger partial charge on any atom is -0.455 e. The molecule has 0 aromatic carbocycles. The molecule has 12 aromatic heterocycles. The summed E-state index contributed by atoms with van der Waals surface area (Å²) in [4.78, 5) is 98.6. The van der Waals surface area contributed by atoms with E-state index in [2.05, 4.69) is 59.8 Å². The van der Waals surface area contributed by atoms with E-state index >= 15 is 0 Å². The molecule has 100 heavy (non-hydrogen) atoms. The lowest BCUT2D eigenvalue weighted by Gasteiger charge is -2.08. The molecule has 0 aliphatic rings. The van der Waals surface area contributed by atoms with Gasteiger partial charge in [0.05, 0.1) is 81.0 Å². The van der Waals surface area contributed by atoms with Crippen LogP contribution in [0.3, 0.4) is 0 Å². The van der Waals surface area contributed by atoms with Gasteiger partial charge in [-0.25, -0.2) is 41.9 Å². The van der Waals surface area contributed by atoms with E-state index in [4.69, 9.17) is 18.9 Å². The molecule has 0 aliphatic carbocycles. The van der Waals surface area contributed by atoms with Crippen molar-refractivity contribution >= 4 is 23.1 Å². The van der Waals surface area contributed by atoms with Crippen molar-refractivity contribution in [3.8, 4) is 46.0 Å². The number of aryl methyl sites for hydroxylation is 7. The molecule has 0 aliphatic heterocycles. The number of carbonyl (C=O) groups excluding carboxylic acids is 4. The van der Waals surface area contributed by atoms with E-state index < -0.39 is 29.1 Å². The van der Waals surface area contributed by atoms with E-state index in [0.29, 0.717) is 68.5 Å². The summed E-state index contributed by atoms with van der Waals surface area (Å²) >= 11 is 0. The van der Waals surface area contributed by atoms with Crippen LogP contribution >= 0.6 is 0 Å². The molecule has 504 valence electrons. The lowest BCUT2D eigenvalue weighted by Crippen LogP contribution is -2.08. The average molecular weight is 1350 g/mol. The number of Topliss-reactive ketones (excluding diaryl/α,β-unsaturated/α-hetero) is 4. The van der Waals surface area contributed by atoms with Gasteiger partial charge in [0.15, 0.2) is 23.1 Å². The summed E-state index contributed by atoms with van der Waals surface area (Å²) in [6.07, 6.45) is 13.3. The van der Waals surface area contributed by atoms with E-state index in [-0.39, 0.29) is 94.6 Å². The van der Waals surface area contributed by atoms with Crippen molar-refractivity contribution in [1.29, 1.82) is 0 Å². The lowest BCUT2D eigenvalue weighted by atomic mass is 10.1. The van der Waals surface area contributed by atoms with Crippen LogP contribution < -0.4 is 18.9 Å². The fraction of sp³-hybridized carbons (Fsp3) is 0.147. The van der Waals surface area contributed by atoms with E-state index in [9.17, 15) is 41.1 Å². The number of nitrogens with zero attached hydrogens (tertiary/aromatic N) is 12. The summed E-state index contributed by atoms with van der Waals surface area (Å²) in [7, 11) is 0. The number of halogens is 5. The van der Waals surface area contributed by atoms with Crippen LogP contribution in [-0.2, 0) is 25.7 Å². The zero-order chi connectivity index (χ0) is 71.2. The first-order chi connectivity index (χ1) is 48.0. The highest BCUT2D eigenvalue weighted by Gasteiger charge is 2.18. The summed E-state index contributed by atoms with van der Waals surface area (Å²) in [5.74, 6) is -0.793. The Morgan fingerprint density at radius 2 is 0.620 bits per heavy atom. The molecule has 12 rings (SSSR count). The summed E-state index contributed by atoms with van der Waals surface area (Å²) in [6.45, 7) is 12.7. The number of pyridine rings is 12. The SMILES string of the molecule is Cc1cc(Oc2cncc(F)c2)cc(C(=O)Cc2cc(F)ccn2)n1.Cc1ccc(CC(=O)c2cc(Oc3cncc(F)c3)cc(C)n2)nc1.Cc1cccc(CC(=O)c2cc(Oc3cncc(F)c3)cc(C)n2)n1.Cc1cccc(CC(=O)c2cc(Oc3cncc(F)c3)cc(C)n2)n1. The number of hydrogen-bond donors (Lipinski definition) is 0. The standard InChI is InChI=1S/3C19H16FN3O2.C18H13F2N3O2/c1-12-3-4-15(22-9-12)7-19(24)18-8-16(5-13(2)23-18)25-17-6-14(20)10-21-11-17;2*1-12-4-3-5-15(22-12)8-19(24)18-9-16(6-13(2)23-18)25-17-7-14(20)10-21-11-17;1-11-4-15(25-16-6-13(20)9-21-10-16)8-17(23-11)18(24)7-14-5-12(19)2-3-22-14/h3-6,8-11H,7H2,1-2H3;2*3-7,9-11H,8H2,1-2H3;2-6,8-10H,7H2,1H3. The monoisotopic (exact) mass is 1350 g/mol. The second kappa shape index (κ2) is 34.3. The maximum Gasteiger partial charge on any atom is 0.187 e. The molecule has 0 radical (unpaired) electrons. The highest BCUT2D eigenvalue weighted by molar-refractivity contribution is 5.97. The molecule has 0 saturated carbocycles. The van der Waals surface area contributed by atoms with Gasteiger partial charge in [0.1, 0.15) is 97.9 Å². The number of rotatable bonds is 20. The van der Waals surface area contributed by atoms with Gasteiger partial charge >= 0.3 is 0 Å². The van der Waals surface area contributed by atoms with Gasteiger partial charge in [0, 0.05) is 136 Å². The zero-order valence-corrected chi connectivity index (χ0v) is 54.8. The van der Waals surface area contributed by atoms with Crippen LogP contribution in [0.15, 0.2) is 195 Å². The highest BCUT2D eigenvalue weighted by atomic mass is 19.1. The van der Waals surface area contributed by atoms with Gasteiger partial charge in [-0.3, -0.25) is 59.0 Å². The van der Waals surface area contributed by atoms with Crippen molar-refractivity contribution < 1.29 is 60.1 Å². The van der Waals surface area contributed by atoms with Crippen LogP contribution in [0.25, 0.3) is 0 Å². The maximum atomic E-state index is 13.2. The quantitative estimate of drug-likeness (QED) is 0.0507. The summed E-state index contributed by atoms with van der Waals surface area (Å²) in [6, 6.07) is 34.7. The van der Waals surface area contributed by atoms with Crippen LogP contribution in [0.5, 0.6) is 46.0 Å². The van der Waals surface area contributed by atoms with Crippen LogP contribution in [0.1, 0.15) is 104 Å². The number of hydrogen-bond acceptors (Lipinski definition) is 20. The molecule has 0 unspecified atom stereocenters. The Labute approximate surface area is 570 Å². The Balaban J connectivity index is 0.000000156. The smallest absolute Gasteiger partial charge is 0.187 e. The highest BCUT2D eigenvalue weighted by Crippen LogP contribution is 2.28. The minimum atomic E-state index is -0.531. The van der Waals surface area contributed by atoms with Crippen molar-refractivity contribution in [2.75, 3.05) is 0 Å². The van der Waals surface area contributed by atoms with Crippen molar-refractivity contribution in [1.82, 2.24) is 59.8 Å². The molecular weight excluding hydrogens is 1290 g/mol. The third kappa shape index (κ3) is 22.7. The fourth-order valence-electron chi connectivity index (χ4n) is 9.26. The van der Waals surface area contributed by atoms with Gasteiger partial charge < -0.3 is 18.9 Å². The predicted molar refractivity (Wildman–Crippen MR) is 356 cm³/mol. The van der Waals surface area contributed by atoms with Crippen molar-refractivity contribution in [3.05, 3.63) is 310 Å². The zero-order valence-electron chi connectivity index (χ0n) is 54.8. The number of ketones is 4. The Morgan fingerprint density at radius 1 is 0.290 bits per heavy atom. The normalized spacial score (nSPS) is 10.5. The third-order valence-electron chi connectivity index (χ3n) is 13.5. The number of carbonyl (C=O) groups is 4. The molecule has 0 amide bonds. The molecule has 0 bridgehead atoms. The average Bonchev–Trinajstić information content (AvgIpc) is 0.865. The number of ether oxygens (including phenoxy) is 4. The molecule has 0 fully saturated rings. The lowest BCUT2D eigenvalue weighted by molar-refractivity contribution is 0.0978. The molecule has 0 N–H and O–H groups in total. The van der Waals surface area contributed by atoms with E-state index in [1.165, 1.54) is 91.6 Å². The predicted octanol–water partition coefficient (Wildman–Crippen LogP) is 15.2. The third-order valence-corrected chi connectivity index (χ3v) is 13.5. The van der Waals surface area contributed by atoms with Crippen molar-refractivity contribution in [2.24, 2.45) is 0 Å². The first-order valence-corrected chi connectivity index (χ1v) is 30.6. The van der Waals surface area contributed by atoms with E-state index in [1.807, 2.05) is 57.2 Å². The number of aromatic nitrogens is 12. The Morgan fingerprint density at radius 3 is 0.920 bits per heavy atom. The van der Waals surface area contributed by atoms with Gasteiger partial charge in [-0.15, -0.1) is 0 Å². The Kier molecular flexibility index (Phi) is 24.6. The second-order valence-electron chi connectivity index (χ2n) is 22.3. The Hall–Kier alpha value is -12.7. The molecular formula is C75H61F5N12O8. The van der Waals surface area contributed by atoms with Crippen LogP contribution in [0.4, 0.5) is 22.0 Å². The van der Waals surface area contributed by atoms with Crippen molar-refractivity contribution in [2.45, 2.75) is 74.1 Å². The molecule has 12 aromatic rings. The van der Waals surface area contributed by atoms with Gasteiger partial charge in [-0.05, 0) is 96.5 Å². The first kappa shape index (κ1) is 71.6. The van der Waals surface area contributed by atoms with E-state index in [1.54, 1.807) is 70.3 Å². The summed E-state index contributed by atoms with van der Waals surface area (Å²) in [5.41, 5.74) is 8.53. The van der Waals surface area contributed by atoms with Crippen LogP contribution in [0, 0.1) is 77.6 Å². The molecule has 0 atom stereocenters. The van der Waals surface area contributed by atoms with E-state index in [0.717, 1.165) is 41.7 Å². The topological polar surface area (TPSA) is 260 Å². The molecule has 20 nitrogen and oxygen atoms in total. The molecule has 0 saturated heterocycles. The molecule has 25 heteroatoms. The van der Waals surface area contributed by atoms with Gasteiger partial charge in [-0.2, -0.15) is 0 Å². The summed E-state index contributed by atoms with van der Waals surface area (Å²) in [5, 5.41) is 0. The largest absolute Gasteiger partial charge is 0.455 e. The maximum absolute atomic E-state index is 13.2. The van der Waals surface area contributed by atoms with Gasteiger partial charge in [0.25, 0.3) is 0 Å². The van der Waals surface area contributed by atoms with Gasteiger partial charge in [-0.1, -0.05) is 18.2 Å². The van der Waals surface area contributed by atoms with Crippen molar-refractivity contribution in [3.63, 3.8) is 0 Å².